The molecule has 2 fully saturated rings. The highest BCUT2D eigenvalue weighted by atomic mass is 28.4. The fourth-order valence-corrected chi connectivity index (χ4v) is 13.7. The van der Waals surface area contributed by atoms with Gasteiger partial charge in [-0.1, -0.05) is 101 Å². The molecule has 0 amide bonds. The molecule has 2 rings (SSSR count). The molecule has 258 valence electrons. The van der Waals surface area contributed by atoms with Gasteiger partial charge >= 0.3 is 5.97 Å². The number of ether oxygens (including phenoxy) is 2. The second kappa shape index (κ2) is 19.4. The first-order valence-corrected chi connectivity index (χ1v) is 23.9. The highest BCUT2D eigenvalue weighted by molar-refractivity contribution is 6.74. The monoisotopic (exact) mass is 652 g/mol. The molecule has 0 saturated carbocycles. The lowest BCUT2D eigenvalue weighted by Crippen LogP contribution is -2.52. The first kappa shape index (κ1) is 39.7. The van der Waals surface area contributed by atoms with Gasteiger partial charge in [0.2, 0.25) is 0 Å². The van der Waals surface area contributed by atoms with Gasteiger partial charge in [0.25, 0.3) is 0 Å². The molecule has 0 unspecified atom stereocenters. The number of fused-ring (bicyclic) bond motifs is 2. The van der Waals surface area contributed by atoms with Crippen LogP contribution in [-0.4, -0.2) is 53.1 Å². The maximum atomic E-state index is 13.1. The summed E-state index contributed by atoms with van der Waals surface area (Å²) in [5.74, 6) is 0.681. The molecule has 0 aromatic carbocycles. The fraction of sp³-hybridized carbons (Fsp3) is 0.919. The highest BCUT2D eigenvalue weighted by Crippen LogP contribution is 2.39. The molecule has 2 aliphatic rings. The summed E-state index contributed by atoms with van der Waals surface area (Å²) in [5, 5.41) is 0. The first-order chi connectivity index (χ1) is 20.9. The minimum atomic E-state index is -1.93. The molecule has 0 aromatic rings. The average Bonchev–Trinajstić information content (AvgIpc) is 3.36. The van der Waals surface area contributed by atoms with Crippen LogP contribution in [0.5, 0.6) is 0 Å². The van der Waals surface area contributed by atoms with E-state index in [1.807, 2.05) is 6.92 Å². The topological polar surface area (TPSA) is 54.0 Å². The third kappa shape index (κ3) is 11.3. The zero-order valence-corrected chi connectivity index (χ0v) is 32.7. The fourth-order valence-electron chi connectivity index (χ4n) is 7.88. The van der Waals surface area contributed by atoms with Gasteiger partial charge in [0.05, 0.1) is 30.3 Å². The highest BCUT2D eigenvalue weighted by Gasteiger charge is 2.44. The van der Waals surface area contributed by atoms with Gasteiger partial charge in [0.15, 0.2) is 16.6 Å². The van der Waals surface area contributed by atoms with Gasteiger partial charge in [-0.15, -0.1) is 0 Å². The van der Waals surface area contributed by atoms with Crippen molar-refractivity contribution in [3.8, 4) is 0 Å². The summed E-state index contributed by atoms with van der Waals surface area (Å²) in [6.07, 6.45) is 9.99. The van der Waals surface area contributed by atoms with E-state index in [-0.39, 0.29) is 48.3 Å². The molecule has 2 aliphatic heterocycles. The molecule has 2 bridgehead atoms. The predicted octanol–water partition coefficient (Wildman–Crippen LogP) is 10.8. The van der Waals surface area contributed by atoms with Crippen LogP contribution in [0.25, 0.3) is 0 Å². The Hall–Kier alpha value is -0.476. The average molecular weight is 653 g/mol. The summed E-state index contributed by atoms with van der Waals surface area (Å²) in [6.45, 7) is 27.5. The zero-order chi connectivity index (χ0) is 32.9. The number of carbonyl (C=O) groups is 1. The van der Waals surface area contributed by atoms with Gasteiger partial charge in [-0.3, -0.25) is 4.79 Å². The van der Waals surface area contributed by atoms with Crippen LogP contribution in [0.4, 0.5) is 0 Å². The van der Waals surface area contributed by atoms with Gasteiger partial charge in [-0.25, -0.2) is 0 Å². The number of hydrogen-bond donors (Lipinski definition) is 0. The normalized spacial score (nSPS) is 32.2. The number of esters is 1. The van der Waals surface area contributed by atoms with Crippen LogP contribution in [0.15, 0.2) is 12.2 Å². The van der Waals surface area contributed by atoms with Crippen molar-refractivity contribution in [3.05, 3.63) is 12.2 Å². The molecule has 2 saturated heterocycles. The van der Waals surface area contributed by atoms with Gasteiger partial charge in [-0.2, -0.15) is 0 Å². The standard InChI is InChI=1S/C37H72O5Si2/c1-12-21-32-25-28(8)24-31(11)36(42-44(16-5,17-6)18-7)35(41-43(13-2,14-3)15-4)27-33-26-30(10)34(39-33)23-20-19-22-29(9)37(38)40-32/h29-36H,8,12-27H2,1-7,9-11H3/t29-,30-,31+,32+,33+,34-,35-,36-/m0/s1. The van der Waals surface area contributed by atoms with Crippen molar-refractivity contribution in [2.45, 2.75) is 200 Å². The quantitative estimate of drug-likeness (QED) is 0.119. The molecule has 7 heteroatoms. The number of carbonyl (C=O) groups excluding carboxylic acids is 1. The van der Waals surface area contributed by atoms with Crippen LogP contribution in [0.3, 0.4) is 0 Å². The van der Waals surface area contributed by atoms with E-state index < -0.39 is 16.6 Å². The third-order valence-corrected chi connectivity index (χ3v) is 20.8. The number of cyclic esters (lactones) is 1. The molecule has 5 nitrogen and oxygen atoms in total. The van der Waals surface area contributed by atoms with E-state index in [1.165, 1.54) is 0 Å². The van der Waals surface area contributed by atoms with Crippen LogP contribution in [0, 0.1) is 17.8 Å². The third-order valence-electron chi connectivity index (χ3n) is 11.5. The SMILES string of the molecule is C=C1C[C@@H](CCC)OC(=O)[C@@H](C)CCCC[C@@H]2O[C@@H](C[C@H](O[Si](CC)(CC)CC)[C@@H](O[Si](CC)(CC)CC)[C@H](C)C1)C[C@@H]2C. The molecule has 0 aromatic heterocycles. The summed E-state index contributed by atoms with van der Waals surface area (Å²) in [7, 11) is -3.85. The van der Waals surface area contributed by atoms with Crippen molar-refractivity contribution >= 4 is 22.6 Å². The lowest BCUT2D eigenvalue weighted by molar-refractivity contribution is -0.154. The Morgan fingerprint density at radius 2 is 1.34 bits per heavy atom. The minimum absolute atomic E-state index is 0.0128. The number of hydrogen-bond acceptors (Lipinski definition) is 5. The predicted molar refractivity (Wildman–Crippen MR) is 191 cm³/mol. The van der Waals surface area contributed by atoms with E-state index in [0.717, 1.165) is 106 Å². The van der Waals surface area contributed by atoms with Crippen LogP contribution in [0.2, 0.25) is 36.3 Å². The van der Waals surface area contributed by atoms with Crippen LogP contribution in [-0.2, 0) is 23.1 Å². The van der Waals surface area contributed by atoms with Crippen LogP contribution in [0.1, 0.15) is 133 Å². The molecular weight excluding hydrogens is 581 g/mol. The van der Waals surface area contributed by atoms with Gasteiger partial charge < -0.3 is 18.3 Å². The van der Waals surface area contributed by atoms with E-state index in [9.17, 15) is 4.79 Å². The summed E-state index contributed by atoms with van der Waals surface area (Å²) in [4.78, 5) is 13.1. The second-order valence-electron chi connectivity index (χ2n) is 14.6. The Labute approximate surface area is 275 Å². The second-order valence-corrected chi connectivity index (χ2v) is 24.1. The van der Waals surface area contributed by atoms with E-state index in [4.69, 9.17) is 18.3 Å². The van der Waals surface area contributed by atoms with Crippen molar-refractivity contribution in [1.82, 2.24) is 0 Å². The smallest absolute Gasteiger partial charge is 0.308 e. The van der Waals surface area contributed by atoms with E-state index >= 15 is 0 Å². The van der Waals surface area contributed by atoms with Crippen molar-refractivity contribution in [3.63, 3.8) is 0 Å². The van der Waals surface area contributed by atoms with Crippen molar-refractivity contribution in [2.75, 3.05) is 0 Å². The Kier molecular flexibility index (Phi) is 17.5. The Bertz CT molecular complexity index is 825. The Balaban J connectivity index is 2.54. The molecule has 2 heterocycles. The van der Waals surface area contributed by atoms with Gasteiger partial charge in [-0.05, 0) is 80.2 Å². The van der Waals surface area contributed by atoms with E-state index in [0.29, 0.717) is 5.92 Å². The summed E-state index contributed by atoms with van der Waals surface area (Å²) >= 11 is 0. The first-order valence-electron chi connectivity index (χ1n) is 18.8. The van der Waals surface area contributed by atoms with Crippen molar-refractivity contribution < 1.29 is 23.1 Å². The lowest BCUT2D eigenvalue weighted by Gasteiger charge is -2.44. The molecule has 44 heavy (non-hydrogen) atoms. The Morgan fingerprint density at radius 1 is 0.773 bits per heavy atom. The van der Waals surface area contributed by atoms with Gasteiger partial charge in [0, 0.05) is 12.8 Å². The largest absolute Gasteiger partial charge is 0.462 e. The van der Waals surface area contributed by atoms with Crippen LogP contribution >= 0.6 is 0 Å². The molecule has 8 atom stereocenters. The molecule has 0 spiro atoms. The van der Waals surface area contributed by atoms with E-state index in [1.54, 1.807) is 0 Å². The molecule has 0 radical (unpaired) electrons. The van der Waals surface area contributed by atoms with Crippen molar-refractivity contribution in [1.29, 1.82) is 0 Å². The van der Waals surface area contributed by atoms with Crippen molar-refractivity contribution in [2.24, 2.45) is 17.8 Å². The zero-order valence-electron chi connectivity index (χ0n) is 30.7. The number of rotatable bonds is 12. The maximum absolute atomic E-state index is 13.1. The molecule has 0 aliphatic carbocycles. The molecule has 0 N–H and O–H groups in total. The molecular formula is C37H72O5Si2. The van der Waals surface area contributed by atoms with E-state index in [2.05, 4.69) is 68.9 Å². The minimum Gasteiger partial charge on any atom is -0.462 e. The van der Waals surface area contributed by atoms with Crippen LogP contribution < -0.4 is 0 Å². The summed E-state index contributed by atoms with van der Waals surface area (Å²) in [6, 6.07) is 6.78. The summed E-state index contributed by atoms with van der Waals surface area (Å²) < 4.78 is 28.0. The lowest BCUT2D eigenvalue weighted by atomic mass is 9.88. The Morgan fingerprint density at radius 3 is 1.91 bits per heavy atom. The van der Waals surface area contributed by atoms with Gasteiger partial charge in [0.1, 0.15) is 6.10 Å². The maximum Gasteiger partial charge on any atom is 0.308 e. The summed E-state index contributed by atoms with van der Waals surface area (Å²) in [5.41, 5.74) is 1.16.